The van der Waals surface area contributed by atoms with Crippen LogP contribution >= 0.6 is 0 Å². The van der Waals surface area contributed by atoms with Gasteiger partial charge in [-0.15, -0.1) is 0 Å². The largest absolute Gasteiger partial charge is 0.497 e. The van der Waals surface area contributed by atoms with Crippen molar-refractivity contribution in [1.82, 2.24) is 9.97 Å². The first-order valence-electron chi connectivity index (χ1n) is 7.49. The molecule has 0 saturated carbocycles. The van der Waals surface area contributed by atoms with Gasteiger partial charge in [0.15, 0.2) is 9.84 Å². The molecule has 0 bridgehead atoms. The average Bonchev–Trinajstić information content (AvgIpc) is 3.04. The van der Waals surface area contributed by atoms with Gasteiger partial charge >= 0.3 is 0 Å². The van der Waals surface area contributed by atoms with Crippen molar-refractivity contribution in [3.05, 3.63) is 41.9 Å². The van der Waals surface area contributed by atoms with Crippen molar-refractivity contribution >= 4 is 21.6 Å². The Morgan fingerprint density at radius 1 is 1.21 bits per heavy atom. The van der Waals surface area contributed by atoms with Crippen molar-refractivity contribution in [2.45, 2.75) is 24.2 Å². The van der Waals surface area contributed by atoms with Crippen LogP contribution in [0.3, 0.4) is 0 Å². The van der Waals surface area contributed by atoms with Crippen molar-refractivity contribution in [2.24, 2.45) is 0 Å². The topological polar surface area (TPSA) is 98.2 Å². The Morgan fingerprint density at radius 2 is 1.96 bits per heavy atom. The summed E-state index contributed by atoms with van der Waals surface area (Å²) in [7, 11) is -2.23. The second-order valence-electron chi connectivity index (χ2n) is 5.48. The van der Waals surface area contributed by atoms with Crippen molar-refractivity contribution in [3.8, 4) is 5.75 Å². The Bertz CT molecular complexity index is 863. The molecular formula is C16H17N3O4S. The van der Waals surface area contributed by atoms with Gasteiger partial charge in [-0.05, 0) is 43.5 Å². The molecule has 1 aliphatic carbocycles. The lowest BCUT2D eigenvalue weighted by Gasteiger charge is -2.09. The highest BCUT2D eigenvalue weighted by Gasteiger charge is 2.22. The van der Waals surface area contributed by atoms with Crippen LogP contribution in [0.15, 0.2) is 35.5 Å². The number of methoxy groups -OCH3 is 1. The maximum absolute atomic E-state index is 12.3. The number of hydrogen-bond acceptors (Lipinski definition) is 6. The summed E-state index contributed by atoms with van der Waals surface area (Å²) in [6.45, 7) is 0. The predicted octanol–water partition coefficient (Wildman–Crippen LogP) is 1.39. The molecule has 1 heterocycles. The maximum Gasteiger partial charge on any atom is 0.241 e. The molecule has 1 aliphatic rings. The quantitative estimate of drug-likeness (QED) is 0.877. The number of hydrogen-bond donors (Lipinski definition) is 1. The Morgan fingerprint density at radius 3 is 2.67 bits per heavy atom. The fraction of sp³-hybridized carbons (Fsp3) is 0.312. The number of rotatable bonds is 5. The summed E-state index contributed by atoms with van der Waals surface area (Å²) in [4.78, 5) is 20.5. The number of aryl methyl sites for hydroxylation is 1. The fourth-order valence-electron chi connectivity index (χ4n) is 2.67. The number of ether oxygens (including phenoxy) is 1. The molecule has 0 unspecified atom stereocenters. The second-order valence-corrected chi connectivity index (χ2v) is 7.47. The minimum atomic E-state index is -3.73. The van der Waals surface area contributed by atoms with Gasteiger partial charge in [0, 0.05) is 11.3 Å². The molecule has 126 valence electrons. The Balaban J connectivity index is 1.73. The molecule has 0 atom stereocenters. The highest BCUT2D eigenvalue weighted by molar-refractivity contribution is 7.92. The van der Waals surface area contributed by atoms with Crippen molar-refractivity contribution in [2.75, 3.05) is 18.2 Å². The van der Waals surface area contributed by atoms with E-state index in [1.807, 2.05) is 0 Å². The standard InChI is InChI=1S/C16H17N3O4S/c1-23-11-5-7-12(8-6-11)24(21,22)9-15(20)19-16-13-3-2-4-14(13)17-10-18-16/h5-8,10H,2-4,9H2,1H3,(H,17,18,19,20). The van der Waals surface area contributed by atoms with E-state index in [1.165, 1.54) is 25.6 Å². The Labute approximate surface area is 140 Å². The Hall–Kier alpha value is -2.48. The van der Waals surface area contributed by atoms with Gasteiger partial charge in [0.1, 0.15) is 23.6 Å². The fourth-order valence-corrected chi connectivity index (χ4v) is 3.81. The van der Waals surface area contributed by atoms with E-state index in [0.717, 1.165) is 30.5 Å². The summed E-state index contributed by atoms with van der Waals surface area (Å²) in [5.74, 6) is -0.293. The van der Waals surface area contributed by atoms with Crippen LogP contribution in [-0.2, 0) is 27.5 Å². The normalized spacial score (nSPS) is 13.4. The van der Waals surface area contributed by atoms with Gasteiger partial charge in [-0.3, -0.25) is 4.79 Å². The molecule has 7 nitrogen and oxygen atoms in total. The first-order chi connectivity index (χ1) is 11.5. The van der Waals surface area contributed by atoms with E-state index in [2.05, 4.69) is 15.3 Å². The van der Waals surface area contributed by atoms with Crippen LogP contribution in [0.5, 0.6) is 5.75 Å². The molecule has 8 heteroatoms. The van der Waals surface area contributed by atoms with E-state index in [9.17, 15) is 13.2 Å². The summed E-state index contributed by atoms with van der Waals surface area (Å²) in [5, 5.41) is 2.60. The van der Waals surface area contributed by atoms with Gasteiger partial charge in [0.25, 0.3) is 0 Å². The third-order valence-electron chi connectivity index (χ3n) is 3.87. The van der Waals surface area contributed by atoms with E-state index >= 15 is 0 Å². The minimum absolute atomic E-state index is 0.0753. The number of carbonyl (C=O) groups excluding carboxylic acids is 1. The van der Waals surface area contributed by atoms with Crippen LogP contribution in [0.4, 0.5) is 5.82 Å². The summed E-state index contributed by atoms with van der Waals surface area (Å²) in [5.41, 5.74) is 1.81. The molecule has 0 radical (unpaired) electrons. The van der Waals surface area contributed by atoms with Crippen LogP contribution in [0.2, 0.25) is 0 Å². The zero-order chi connectivity index (χ0) is 17.2. The predicted molar refractivity (Wildman–Crippen MR) is 87.7 cm³/mol. The SMILES string of the molecule is COc1ccc(S(=O)(=O)CC(=O)Nc2ncnc3c2CCC3)cc1. The summed E-state index contributed by atoms with van der Waals surface area (Å²) >= 11 is 0. The van der Waals surface area contributed by atoms with Gasteiger partial charge in [0.2, 0.25) is 5.91 Å². The molecular weight excluding hydrogens is 330 g/mol. The molecule has 1 aromatic carbocycles. The van der Waals surface area contributed by atoms with Crippen LogP contribution in [-0.4, -0.2) is 37.2 Å². The Kier molecular flexibility index (Phi) is 4.48. The lowest BCUT2D eigenvalue weighted by molar-refractivity contribution is -0.113. The molecule has 1 N–H and O–H groups in total. The van der Waals surface area contributed by atoms with Gasteiger partial charge in [-0.2, -0.15) is 0 Å². The van der Waals surface area contributed by atoms with Crippen LogP contribution in [0.1, 0.15) is 17.7 Å². The zero-order valence-corrected chi connectivity index (χ0v) is 14.0. The van der Waals surface area contributed by atoms with Gasteiger partial charge < -0.3 is 10.1 Å². The number of anilines is 1. The van der Waals surface area contributed by atoms with Gasteiger partial charge in [-0.1, -0.05) is 0 Å². The highest BCUT2D eigenvalue weighted by atomic mass is 32.2. The van der Waals surface area contributed by atoms with Crippen molar-refractivity contribution in [1.29, 1.82) is 0 Å². The number of carbonyl (C=O) groups is 1. The molecule has 3 rings (SSSR count). The van der Waals surface area contributed by atoms with Crippen LogP contribution < -0.4 is 10.1 Å². The molecule has 24 heavy (non-hydrogen) atoms. The first-order valence-corrected chi connectivity index (χ1v) is 9.14. The molecule has 1 amide bonds. The number of amides is 1. The van der Waals surface area contributed by atoms with E-state index in [0.29, 0.717) is 11.6 Å². The van der Waals surface area contributed by atoms with E-state index < -0.39 is 21.5 Å². The third kappa shape index (κ3) is 3.38. The van der Waals surface area contributed by atoms with E-state index in [4.69, 9.17) is 4.74 Å². The summed E-state index contributed by atoms with van der Waals surface area (Å²) in [6.07, 6.45) is 3.99. The monoisotopic (exact) mass is 347 g/mol. The molecule has 0 aliphatic heterocycles. The molecule has 0 spiro atoms. The smallest absolute Gasteiger partial charge is 0.241 e. The summed E-state index contributed by atoms with van der Waals surface area (Å²) < 4.78 is 29.7. The molecule has 2 aromatic rings. The van der Waals surface area contributed by atoms with Gasteiger partial charge in [0.05, 0.1) is 12.0 Å². The lowest BCUT2D eigenvalue weighted by atomic mass is 10.2. The number of sulfone groups is 1. The first kappa shape index (κ1) is 16.4. The molecule has 1 aromatic heterocycles. The van der Waals surface area contributed by atoms with E-state index in [1.54, 1.807) is 12.1 Å². The maximum atomic E-state index is 12.3. The number of nitrogens with zero attached hydrogens (tertiary/aromatic N) is 2. The lowest BCUT2D eigenvalue weighted by Crippen LogP contribution is -2.24. The molecule has 0 fully saturated rings. The number of aromatic nitrogens is 2. The average molecular weight is 347 g/mol. The van der Waals surface area contributed by atoms with Crippen LogP contribution in [0.25, 0.3) is 0 Å². The van der Waals surface area contributed by atoms with Crippen molar-refractivity contribution < 1.29 is 17.9 Å². The number of benzene rings is 1. The van der Waals surface area contributed by atoms with E-state index in [-0.39, 0.29) is 4.90 Å². The number of fused-ring (bicyclic) bond motifs is 1. The highest BCUT2D eigenvalue weighted by Crippen LogP contribution is 2.25. The van der Waals surface area contributed by atoms with Gasteiger partial charge in [-0.25, -0.2) is 18.4 Å². The third-order valence-corrected chi connectivity index (χ3v) is 5.51. The van der Waals surface area contributed by atoms with Crippen molar-refractivity contribution in [3.63, 3.8) is 0 Å². The minimum Gasteiger partial charge on any atom is -0.497 e. The zero-order valence-electron chi connectivity index (χ0n) is 13.2. The second kappa shape index (κ2) is 6.56. The van der Waals surface area contributed by atoms with Crippen LogP contribution in [0, 0.1) is 0 Å². The summed E-state index contributed by atoms with van der Waals surface area (Å²) in [6, 6.07) is 5.93. The molecule has 0 saturated heterocycles. The number of nitrogens with one attached hydrogen (secondary N) is 1.